The number of ether oxygens (including phenoxy) is 1. The molecule has 172 valence electrons. The lowest BCUT2D eigenvalue weighted by molar-refractivity contribution is -0.113. The number of nitrogens with two attached hydrogens (primary N) is 1. The molecule has 1 atom stereocenters. The quantitative estimate of drug-likeness (QED) is 0.325. The lowest BCUT2D eigenvalue weighted by atomic mass is 10.1. The van der Waals surface area contributed by atoms with Gasteiger partial charge in [-0.3, -0.25) is 14.2 Å². The second kappa shape index (κ2) is 11.0. The van der Waals surface area contributed by atoms with Crippen LogP contribution in [0.15, 0.2) is 60.3 Å². The minimum Gasteiger partial charge on any atom is -0.481 e. The number of para-hydroxylation sites is 1. The van der Waals surface area contributed by atoms with Crippen LogP contribution in [0.3, 0.4) is 0 Å². The van der Waals surface area contributed by atoms with Gasteiger partial charge in [-0.1, -0.05) is 47.6 Å². The summed E-state index contributed by atoms with van der Waals surface area (Å²) in [4.78, 5) is 24.0. The first-order valence-electron chi connectivity index (χ1n) is 10.1. The van der Waals surface area contributed by atoms with Crippen LogP contribution in [0.4, 0.5) is 5.69 Å². The molecule has 2 aromatic carbocycles. The van der Waals surface area contributed by atoms with Crippen LogP contribution in [-0.2, 0) is 11.3 Å². The van der Waals surface area contributed by atoms with Crippen molar-refractivity contribution in [3.63, 3.8) is 0 Å². The summed E-state index contributed by atoms with van der Waals surface area (Å²) in [6, 6.07) is 12.1. The molecule has 1 aromatic heterocycles. The van der Waals surface area contributed by atoms with Crippen molar-refractivity contribution in [3.8, 4) is 5.75 Å². The van der Waals surface area contributed by atoms with Crippen LogP contribution in [0, 0.1) is 6.92 Å². The maximum absolute atomic E-state index is 12.5. The summed E-state index contributed by atoms with van der Waals surface area (Å²) < 4.78 is 7.86. The van der Waals surface area contributed by atoms with Gasteiger partial charge >= 0.3 is 0 Å². The first-order chi connectivity index (χ1) is 15.8. The monoisotopic (exact) mass is 485 g/mol. The maximum Gasteiger partial charge on any atom is 0.250 e. The second-order valence-electron chi connectivity index (χ2n) is 7.18. The molecule has 0 radical (unpaired) electrons. The minimum absolute atomic E-state index is 0.0569. The molecule has 2 amide bonds. The van der Waals surface area contributed by atoms with E-state index in [2.05, 4.69) is 22.1 Å². The predicted molar refractivity (Wildman–Crippen MR) is 130 cm³/mol. The molecule has 0 aliphatic carbocycles. The molecule has 1 heterocycles. The number of benzene rings is 2. The van der Waals surface area contributed by atoms with Crippen LogP contribution in [0.2, 0.25) is 5.02 Å². The molecule has 0 saturated carbocycles. The standard InChI is InChI=1S/C23H24ClN5O3S/c1-4-11-29-22(15(3)32-19-12-14(2)9-10-17(19)24)27-28-23(29)33-13-20(30)26-18-8-6-5-7-16(18)21(25)31/h4-10,12,15H,1,11,13H2,2-3H3,(H2,25,31)(H,26,30). The van der Waals surface area contributed by atoms with E-state index in [9.17, 15) is 9.59 Å². The minimum atomic E-state index is -0.614. The van der Waals surface area contributed by atoms with Crippen molar-refractivity contribution in [2.24, 2.45) is 5.73 Å². The van der Waals surface area contributed by atoms with Gasteiger partial charge in [0.2, 0.25) is 5.91 Å². The van der Waals surface area contributed by atoms with Gasteiger partial charge in [-0.15, -0.1) is 16.8 Å². The summed E-state index contributed by atoms with van der Waals surface area (Å²) in [5, 5.41) is 12.2. The largest absolute Gasteiger partial charge is 0.481 e. The van der Waals surface area contributed by atoms with Gasteiger partial charge < -0.3 is 15.8 Å². The molecule has 0 saturated heterocycles. The molecule has 8 nitrogen and oxygen atoms in total. The van der Waals surface area contributed by atoms with E-state index >= 15 is 0 Å². The Morgan fingerprint density at radius 3 is 2.79 bits per heavy atom. The number of carbonyl (C=O) groups is 2. The van der Waals surface area contributed by atoms with Gasteiger partial charge in [-0.2, -0.15) is 0 Å². The number of anilines is 1. The SMILES string of the molecule is C=CCn1c(SCC(=O)Nc2ccccc2C(N)=O)nnc1C(C)Oc1cc(C)ccc1Cl. The lowest BCUT2D eigenvalue weighted by Crippen LogP contribution is -2.19. The second-order valence-corrected chi connectivity index (χ2v) is 8.53. The Balaban J connectivity index is 1.71. The fourth-order valence-corrected chi connectivity index (χ4v) is 3.99. The summed E-state index contributed by atoms with van der Waals surface area (Å²) >= 11 is 7.46. The summed E-state index contributed by atoms with van der Waals surface area (Å²) in [6.45, 7) is 8.04. The molecule has 33 heavy (non-hydrogen) atoms. The van der Waals surface area contributed by atoms with Crippen molar-refractivity contribution in [1.82, 2.24) is 14.8 Å². The van der Waals surface area contributed by atoms with Gasteiger partial charge in [-0.25, -0.2) is 0 Å². The molecule has 3 N–H and O–H groups in total. The number of aryl methyl sites for hydroxylation is 1. The predicted octanol–water partition coefficient (Wildman–Crippen LogP) is 4.40. The van der Waals surface area contributed by atoms with Crippen molar-refractivity contribution in [1.29, 1.82) is 0 Å². The number of rotatable bonds is 10. The van der Waals surface area contributed by atoms with Gasteiger partial charge in [0.1, 0.15) is 5.75 Å². The summed E-state index contributed by atoms with van der Waals surface area (Å²) in [5.41, 5.74) is 6.99. The van der Waals surface area contributed by atoms with Gasteiger partial charge in [-0.05, 0) is 43.7 Å². The van der Waals surface area contributed by atoms with Crippen molar-refractivity contribution >= 4 is 40.9 Å². The van der Waals surface area contributed by atoms with E-state index in [0.717, 1.165) is 5.56 Å². The summed E-state index contributed by atoms with van der Waals surface area (Å²) in [6.07, 6.45) is 1.27. The lowest BCUT2D eigenvalue weighted by Gasteiger charge is -2.17. The van der Waals surface area contributed by atoms with Gasteiger partial charge in [0, 0.05) is 6.54 Å². The van der Waals surface area contributed by atoms with Crippen molar-refractivity contribution < 1.29 is 14.3 Å². The van der Waals surface area contributed by atoms with Gasteiger partial charge in [0.15, 0.2) is 17.1 Å². The van der Waals surface area contributed by atoms with Crippen LogP contribution >= 0.6 is 23.4 Å². The van der Waals surface area contributed by atoms with E-state index in [-0.39, 0.29) is 17.2 Å². The fraction of sp³-hybridized carbons (Fsp3) is 0.217. The Morgan fingerprint density at radius 1 is 1.30 bits per heavy atom. The zero-order chi connectivity index (χ0) is 24.0. The number of amides is 2. The third-order valence-electron chi connectivity index (χ3n) is 4.61. The molecule has 0 spiro atoms. The number of aromatic nitrogens is 3. The highest BCUT2D eigenvalue weighted by atomic mass is 35.5. The number of carbonyl (C=O) groups excluding carboxylic acids is 2. The van der Waals surface area contributed by atoms with Gasteiger partial charge in [0.25, 0.3) is 5.91 Å². The Hall–Kier alpha value is -3.30. The topological polar surface area (TPSA) is 112 Å². The number of thioether (sulfide) groups is 1. The Labute approximate surface area is 201 Å². The van der Waals surface area contributed by atoms with Crippen molar-refractivity contribution in [2.45, 2.75) is 31.7 Å². The summed E-state index contributed by atoms with van der Waals surface area (Å²) in [7, 11) is 0. The number of nitrogens with zero attached hydrogens (tertiary/aromatic N) is 3. The molecule has 3 rings (SSSR count). The average molecular weight is 486 g/mol. The summed E-state index contributed by atoms with van der Waals surface area (Å²) in [5.74, 6) is 0.269. The Bertz CT molecular complexity index is 1180. The molecule has 0 aliphatic rings. The van der Waals surface area contributed by atoms with E-state index < -0.39 is 12.0 Å². The number of primary amides is 1. The average Bonchev–Trinajstić information content (AvgIpc) is 3.18. The molecule has 0 aliphatic heterocycles. The Morgan fingerprint density at radius 2 is 2.06 bits per heavy atom. The van der Waals surface area contributed by atoms with Crippen molar-refractivity contribution in [3.05, 3.63) is 77.1 Å². The number of nitrogens with one attached hydrogen (secondary N) is 1. The molecule has 3 aromatic rings. The van der Waals surface area contributed by atoms with E-state index in [0.29, 0.717) is 34.0 Å². The maximum atomic E-state index is 12.5. The molecular weight excluding hydrogens is 462 g/mol. The van der Waals surface area contributed by atoms with Crippen LogP contribution in [0.5, 0.6) is 5.75 Å². The van der Waals surface area contributed by atoms with Crippen LogP contribution in [0.25, 0.3) is 0 Å². The van der Waals surface area contributed by atoms with Crippen LogP contribution < -0.4 is 15.8 Å². The van der Waals surface area contributed by atoms with E-state index in [1.807, 2.05) is 30.5 Å². The highest BCUT2D eigenvalue weighted by Gasteiger charge is 2.21. The molecule has 10 heteroatoms. The highest BCUT2D eigenvalue weighted by molar-refractivity contribution is 7.99. The van der Waals surface area contributed by atoms with Crippen LogP contribution in [-0.4, -0.2) is 32.3 Å². The number of hydrogen-bond donors (Lipinski definition) is 2. The first kappa shape index (κ1) is 24.3. The molecule has 1 unspecified atom stereocenters. The number of halogens is 1. The third kappa shape index (κ3) is 6.15. The number of hydrogen-bond acceptors (Lipinski definition) is 6. The highest BCUT2D eigenvalue weighted by Crippen LogP contribution is 2.30. The zero-order valence-electron chi connectivity index (χ0n) is 18.2. The van der Waals surface area contributed by atoms with E-state index in [1.54, 1.807) is 36.4 Å². The zero-order valence-corrected chi connectivity index (χ0v) is 19.8. The molecule has 0 bridgehead atoms. The van der Waals surface area contributed by atoms with Crippen molar-refractivity contribution in [2.75, 3.05) is 11.1 Å². The molecule has 0 fully saturated rings. The molecular formula is C23H24ClN5O3S. The smallest absolute Gasteiger partial charge is 0.250 e. The first-order valence-corrected chi connectivity index (χ1v) is 11.4. The third-order valence-corrected chi connectivity index (χ3v) is 5.89. The Kier molecular flexibility index (Phi) is 8.13. The van der Waals surface area contributed by atoms with Crippen LogP contribution in [0.1, 0.15) is 34.8 Å². The van der Waals surface area contributed by atoms with E-state index in [1.165, 1.54) is 11.8 Å². The normalized spacial score (nSPS) is 11.6. The van der Waals surface area contributed by atoms with E-state index in [4.69, 9.17) is 22.1 Å². The van der Waals surface area contributed by atoms with Gasteiger partial charge in [0.05, 0.1) is 22.0 Å². The fourth-order valence-electron chi connectivity index (χ4n) is 3.08. The number of allylic oxidation sites excluding steroid dienone is 1.